The second kappa shape index (κ2) is 10.9. The van der Waals surface area contributed by atoms with E-state index in [2.05, 4.69) is 0 Å². The molecule has 188 valence electrons. The van der Waals surface area contributed by atoms with Crippen molar-refractivity contribution in [1.82, 2.24) is 0 Å². The lowest BCUT2D eigenvalue weighted by Crippen LogP contribution is -2.65. The highest BCUT2D eigenvalue weighted by atomic mass is 16.8. The highest BCUT2D eigenvalue weighted by molar-refractivity contribution is 5.38. The van der Waals surface area contributed by atoms with Gasteiger partial charge in [0, 0.05) is 0 Å². The largest absolute Gasteiger partial charge is 0.462 e. The normalized spacial score (nSPS) is 39.6. The van der Waals surface area contributed by atoms with Gasteiger partial charge >= 0.3 is 0 Å². The smallest absolute Gasteiger partial charge is 0.229 e. The number of ether oxygens (including phenoxy) is 4. The van der Waals surface area contributed by atoms with E-state index in [-0.39, 0.29) is 5.92 Å². The third kappa shape index (κ3) is 5.49. The average Bonchev–Trinajstić information content (AvgIpc) is 2.79. The second-order valence-electron chi connectivity index (χ2n) is 8.80. The molecule has 2 saturated heterocycles. The SMILES string of the molecule is Cc1ccc(C(C)C)cc1O[C@H]1O[C@@H](CO)[C@@H](O)[C@@H](O)[C@@H]1O[C@@H]1O[C@@H](CO)[C@@H](O)[C@H](O)[C@H]1O. The van der Waals surface area contributed by atoms with Crippen LogP contribution in [0, 0.1) is 6.92 Å². The predicted octanol–water partition coefficient (Wildman–Crippen LogP) is -1.88. The zero-order valence-corrected chi connectivity index (χ0v) is 18.8. The van der Waals surface area contributed by atoms with E-state index in [0.29, 0.717) is 5.75 Å². The van der Waals surface area contributed by atoms with Crippen LogP contribution < -0.4 is 4.74 Å². The summed E-state index contributed by atoms with van der Waals surface area (Å²) in [5, 5.41) is 70.4. The van der Waals surface area contributed by atoms with E-state index in [1.165, 1.54) is 0 Å². The van der Waals surface area contributed by atoms with Crippen molar-refractivity contribution < 1.29 is 54.7 Å². The molecule has 33 heavy (non-hydrogen) atoms. The van der Waals surface area contributed by atoms with Gasteiger partial charge in [0.15, 0.2) is 12.4 Å². The molecule has 0 amide bonds. The first-order valence-corrected chi connectivity index (χ1v) is 10.9. The van der Waals surface area contributed by atoms with E-state index in [9.17, 15) is 35.7 Å². The third-order valence-electron chi connectivity index (χ3n) is 6.09. The number of hydrogen-bond acceptors (Lipinski definition) is 11. The van der Waals surface area contributed by atoms with E-state index < -0.39 is 74.6 Å². The Bertz CT molecular complexity index is 773. The Hall–Kier alpha value is -1.38. The Balaban J connectivity index is 1.87. The van der Waals surface area contributed by atoms with E-state index in [1.807, 2.05) is 32.9 Å². The Morgan fingerprint density at radius 2 is 1.39 bits per heavy atom. The Morgan fingerprint density at radius 3 is 1.97 bits per heavy atom. The molecule has 0 aromatic heterocycles. The van der Waals surface area contributed by atoms with Gasteiger partial charge in [-0.05, 0) is 30.0 Å². The molecule has 0 aliphatic carbocycles. The average molecular weight is 475 g/mol. The highest BCUT2D eigenvalue weighted by Crippen LogP contribution is 2.32. The summed E-state index contributed by atoms with van der Waals surface area (Å²) in [6.45, 7) is 4.57. The molecule has 1 aromatic carbocycles. The number of benzene rings is 1. The molecule has 1 aromatic rings. The summed E-state index contributed by atoms with van der Waals surface area (Å²) in [5.41, 5.74) is 1.74. The van der Waals surface area contributed by atoms with Crippen molar-refractivity contribution in [3.63, 3.8) is 0 Å². The molecule has 10 atom stereocenters. The molecule has 0 spiro atoms. The van der Waals surface area contributed by atoms with Crippen LogP contribution in [-0.2, 0) is 14.2 Å². The Kier molecular flexibility index (Phi) is 8.67. The van der Waals surface area contributed by atoms with Crippen LogP contribution in [0.4, 0.5) is 0 Å². The molecule has 2 heterocycles. The van der Waals surface area contributed by atoms with Gasteiger partial charge < -0.3 is 54.7 Å². The van der Waals surface area contributed by atoms with Crippen LogP contribution in [-0.4, -0.2) is 110 Å². The van der Waals surface area contributed by atoms with Crippen LogP contribution in [0.25, 0.3) is 0 Å². The maximum Gasteiger partial charge on any atom is 0.229 e. The first-order chi connectivity index (χ1) is 15.6. The van der Waals surface area contributed by atoms with Gasteiger partial charge in [-0.3, -0.25) is 0 Å². The molecule has 0 saturated carbocycles. The minimum atomic E-state index is -1.73. The van der Waals surface area contributed by atoms with Gasteiger partial charge in [0.2, 0.25) is 6.29 Å². The van der Waals surface area contributed by atoms with Crippen LogP contribution >= 0.6 is 0 Å². The summed E-state index contributed by atoms with van der Waals surface area (Å²) in [4.78, 5) is 0. The minimum Gasteiger partial charge on any atom is -0.462 e. The summed E-state index contributed by atoms with van der Waals surface area (Å²) in [5.74, 6) is 0.632. The molecular formula is C22H34O11. The van der Waals surface area contributed by atoms with Crippen molar-refractivity contribution in [2.45, 2.75) is 88.1 Å². The first kappa shape index (κ1) is 26.2. The van der Waals surface area contributed by atoms with Crippen LogP contribution in [0.1, 0.15) is 30.9 Å². The summed E-state index contributed by atoms with van der Waals surface area (Å²) >= 11 is 0. The maximum absolute atomic E-state index is 10.7. The molecule has 0 radical (unpaired) electrons. The van der Waals surface area contributed by atoms with Gasteiger partial charge in [-0.2, -0.15) is 0 Å². The topological polar surface area (TPSA) is 179 Å². The molecule has 11 nitrogen and oxygen atoms in total. The molecule has 7 N–H and O–H groups in total. The third-order valence-corrected chi connectivity index (χ3v) is 6.09. The van der Waals surface area contributed by atoms with E-state index in [4.69, 9.17) is 18.9 Å². The predicted molar refractivity (Wildman–Crippen MR) is 112 cm³/mol. The number of rotatable bonds is 7. The zero-order valence-electron chi connectivity index (χ0n) is 18.8. The first-order valence-electron chi connectivity index (χ1n) is 10.9. The lowest BCUT2D eigenvalue weighted by atomic mass is 9.97. The minimum absolute atomic E-state index is 0.207. The number of aliphatic hydroxyl groups is 7. The van der Waals surface area contributed by atoms with Crippen molar-refractivity contribution in [3.05, 3.63) is 29.3 Å². The van der Waals surface area contributed by atoms with Gasteiger partial charge in [0.1, 0.15) is 48.5 Å². The fraction of sp³-hybridized carbons (Fsp3) is 0.727. The van der Waals surface area contributed by atoms with Crippen LogP contribution in [0.15, 0.2) is 18.2 Å². The highest BCUT2D eigenvalue weighted by Gasteiger charge is 2.51. The van der Waals surface area contributed by atoms with Gasteiger partial charge in [-0.1, -0.05) is 26.0 Å². The monoisotopic (exact) mass is 474 g/mol. The molecule has 2 aliphatic heterocycles. The summed E-state index contributed by atoms with van der Waals surface area (Å²) < 4.78 is 22.7. The maximum atomic E-state index is 10.7. The molecule has 0 bridgehead atoms. The van der Waals surface area contributed by atoms with Crippen LogP contribution in [0.5, 0.6) is 5.75 Å². The van der Waals surface area contributed by atoms with Gasteiger partial charge in [-0.25, -0.2) is 0 Å². The second-order valence-corrected chi connectivity index (χ2v) is 8.80. The number of aryl methyl sites for hydroxylation is 1. The van der Waals surface area contributed by atoms with Crippen molar-refractivity contribution in [2.24, 2.45) is 0 Å². The Morgan fingerprint density at radius 1 is 0.818 bits per heavy atom. The van der Waals surface area contributed by atoms with Crippen LogP contribution in [0.2, 0.25) is 0 Å². The molecule has 3 rings (SSSR count). The van der Waals surface area contributed by atoms with Crippen molar-refractivity contribution in [3.8, 4) is 5.75 Å². The summed E-state index contributed by atoms with van der Waals surface area (Å²) in [7, 11) is 0. The Labute approximate surface area is 191 Å². The quantitative estimate of drug-likeness (QED) is 0.235. The van der Waals surface area contributed by atoms with E-state index in [1.54, 1.807) is 6.07 Å². The van der Waals surface area contributed by atoms with Gasteiger partial charge in [0.25, 0.3) is 0 Å². The van der Waals surface area contributed by atoms with E-state index in [0.717, 1.165) is 11.1 Å². The molecule has 2 aliphatic rings. The lowest BCUT2D eigenvalue weighted by molar-refractivity contribution is -0.357. The van der Waals surface area contributed by atoms with Gasteiger partial charge in [0.05, 0.1) is 13.2 Å². The molecule has 0 unspecified atom stereocenters. The fourth-order valence-electron chi connectivity index (χ4n) is 3.86. The van der Waals surface area contributed by atoms with Gasteiger partial charge in [-0.15, -0.1) is 0 Å². The molecular weight excluding hydrogens is 440 g/mol. The summed E-state index contributed by atoms with van der Waals surface area (Å²) in [6, 6.07) is 5.61. The molecule has 11 heteroatoms. The van der Waals surface area contributed by atoms with Crippen molar-refractivity contribution >= 4 is 0 Å². The van der Waals surface area contributed by atoms with Crippen LogP contribution in [0.3, 0.4) is 0 Å². The van der Waals surface area contributed by atoms with Crippen molar-refractivity contribution in [1.29, 1.82) is 0 Å². The number of aliphatic hydroxyl groups excluding tert-OH is 7. The number of hydrogen-bond donors (Lipinski definition) is 7. The fourth-order valence-corrected chi connectivity index (χ4v) is 3.86. The standard InChI is InChI=1S/C22H34O11/c1-9(2)11-5-4-10(3)12(6-11)30-22-20(18(28)16(26)14(8-24)32-22)33-21-19(29)17(27)15(25)13(7-23)31-21/h4-6,9,13-29H,7-8H2,1-3H3/t13-,14-,15+,16+,17-,18+,19+,20-,21-,22-/m0/s1. The van der Waals surface area contributed by atoms with E-state index >= 15 is 0 Å². The lowest BCUT2D eigenvalue weighted by Gasteiger charge is -2.45. The zero-order chi connectivity index (χ0) is 24.4. The summed E-state index contributed by atoms with van der Waals surface area (Å²) in [6.07, 6.45) is -14.9. The van der Waals surface area contributed by atoms with Crippen molar-refractivity contribution in [2.75, 3.05) is 13.2 Å². The molecule has 2 fully saturated rings.